The van der Waals surface area contributed by atoms with Crippen LogP contribution >= 0.6 is 0 Å². The maximum Gasteiger partial charge on any atom is 0.0998 e. The van der Waals surface area contributed by atoms with Crippen LogP contribution in [0.2, 0.25) is 0 Å². The Labute approximate surface area is 132 Å². The lowest BCUT2D eigenvalue weighted by molar-refractivity contribution is 0.625. The molecule has 0 N–H and O–H groups in total. The van der Waals surface area contributed by atoms with Gasteiger partial charge in [-0.15, -0.1) is 0 Å². The van der Waals surface area contributed by atoms with Gasteiger partial charge in [0.25, 0.3) is 0 Å². The first-order chi connectivity index (χ1) is 10.5. The van der Waals surface area contributed by atoms with Crippen molar-refractivity contribution in [2.45, 2.75) is 39.7 Å². The van der Waals surface area contributed by atoms with Crippen LogP contribution in [0.1, 0.15) is 37.1 Å². The van der Waals surface area contributed by atoms with Gasteiger partial charge in [-0.25, -0.2) is 0 Å². The molecule has 0 fully saturated rings. The number of aromatic nitrogens is 2. The molecule has 1 aliphatic heterocycles. The van der Waals surface area contributed by atoms with Gasteiger partial charge in [-0.3, -0.25) is 4.68 Å². The molecule has 0 amide bonds. The van der Waals surface area contributed by atoms with Crippen molar-refractivity contribution >= 4 is 5.69 Å². The third-order valence-corrected chi connectivity index (χ3v) is 4.42. The fourth-order valence-electron chi connectivity index (χ4n) is 3.38. The summed E-state index contributed by atoms with van der Waals surface area (Å²) in [6.07, 6.45) is 4.25. The van der Waals surface area contributed by atoms with Crippen LogP contribution in [-0.2, 0) is 13.5 Å². The molecule has 2 heterocycles. The van der Waals surface area contributed by atoms with Crippen LogP contribution in [0.15, 0.2) is 18.3 Å². The average molecular weight is 294 g/mol. The predicted molar refractivity (Wildman–Crippen MR) is 88.9 cm³/mol. The van der Waals surface area contributed by atoms with Gasteiger partial charge >= 0.3 is 0 Å². The number of hydrogen-bond acceptors (Lipinski definition) is 3. The van der Waals surface area contributed by atoms with E-state index in [0.717, 1.165) is 35.3 Å². The van der Waals surface area contributed by atoms with Crippen LogP contribution in [0.3, 0.4) is 0 Å². The zero-order valence-electron chi connectivity index (χ0n) is 13.7. The molecule has 0 saturated carbocycles. The van der Waals surface area contributed by atoms with E-state index in [1.807, 2.05) is 24.9 Å². The van der Waals surface area contributed by atoms with E-state index in [2.05, 4.69) is 42.0 Å². The second kappa shape index (κ2) is 5.49. The molecular weight excluding hydrogens is 272 g/mol. The van der Waals surface area contributed by atoms with Gasteiger partial charge in [0.05, 0.1) is 17.3 Å². The lowest BCUT2D eigenvalue weighted by atomic mass is 9.92. The number of benzene rings is 1. The van der Waals surface area contributed by atoms with Gasteiger partial charge < -0.3 is 4.90 Å². The maximum absolute atomic E-state index is 9.61. The highest BCUT2D eigenvalue weighted by atomic mass is 15.2. The molecule has 2 aromatic rings. The molecule has 1 aromatic heterocycles. The fourth-order valence-corrected chi connectivity index (χ4v) is 3.38. The van der Waals surface area contributed by atoms with E-state index in [4.69, 9.17) is 0 Å². The Balaban J connectivity index is 2.18. The van der Waals surface area contributed by atoms with Crippen LogP contribution in [-0.4, -0.2) is 22.4 Å². The molecule has 0 radical (unpaired) electrons. The Kier molecular flexibility index (Phi) is 3.66. The van der Waals surface area contributed by atoms with E-state index in [1.165, 1.54) is 17.7 Å². The minimum atomic E-state index is 0.455. The SMILES string of the molecule is Cc1nn(C)cc1-c1cc2c(cc1C#N)N(C(C)C)CCC2. The third-order valence-electron chi connectivity index (χ3n) is 4.42. The summed E-state index contributed by atoms with van der Waals surface area (Å²) in [4.78, 5) is 2.40. The minimum absolute atomic E-state index is 0.455. The number of nitriles is 1. The first-order valence-electron chi connectivity index (χ1n) is 7.85. The number of fused-ring (bicyclic) bond motifs is 1. The summed E-state index contributed by atoms with van der Waals surface area (Å²) in [6.45, 7) is 7.48. The molecule has 0 aliphatic carbocycles. The molecule has 0 spiro atoms. The zero-order chi connectivity index (χ0) is 15.9. The molecule has 0 saturated heterocycles. The van der Waals surface area contributed by atoms with Crippen molar-refractivity contribution in [3.05, 3.63) is 35.2 Å². The van der Waals surface area contributed by atoms with E-state index >= 15 is 0 Å². The Morgan fingerprint density at radius 3 is 2.64 bits per heavy atom. The number of hydrogen-bond donors (Lipinski definition) is 0. The van der Waals surface area contributed by atoms with Crippen molar-refractivity contribution in [3.8, 4) is 17.2 Å². The van der Waals surface area contributed by atoms with E-state index in [-0.39, 0.29) is 0 Å². The van der Waals surface area contributed by atoms with Crippen molar-refractivity contribution in [3.63, 3.8) is 0 Å². The largest absolute Gasteiger partial charge is 0.369 e. The van der Waals surface area contributed by atoms with E-state index < -0.39 is 0 Å². The number of nitrogens with zero attached hydrogens (tertiary/aromatic N) is 4. The first kappa shape index (κ1) is 14.6. The molecule has 1 aliphatic rings. The summed E-state index contributed by atoms with van der Waals surface area (Å²) < 4.78 is 1.81. The van der Waals surface area contributed by atoms with Gasteiger partial charge in [0.1, 0.15) is 0 Å². The average Bonchev–Trinajstić information content (AvgIpc) is 2.83. The van der Waals surface area contributed by atoms with Crippen LogP contribution in [0, 0.1) is 18.3 Å². The van der Waals surface area contributed by atoms with E-state index in [9.17, 15) is 5.26 Å². The Morgan fingerprint density at radius 2 is 2.05 bits per heavy atom. The van der Waals surface area contributed by atoms with Gasteiger partial charge in [0.15, 0.2) is 0 Å². The monoisotopic (exact) mass is 294 g/mol. The normalized spacial score (nSPS) is 14.1. The zero-order valence-corrected chi connectivity index (χ0v) is 13.7. The highest BCUT2D eigenvalue weighted by Gasteiger charge is 2.22. The molecule has 114 valence electrons. The second-order valence-electron chi connectivity index (χ2n) is 6.33. The quantitative estimate of drug-likeness (QED) is 0.852. The molecule has 0 atom stereocenters. The van der Waals surface area contributed by atoms with Gasteiger partial charge in [-0.05, 0) is 51.3 Å². The molecule has 0 bridgehead atoms. The van der Waals surface area contributed by atoms with Crippen molar-refractivity contribution in [2.75, 3.05) is 11.4 Å². The van der Waals surface area contributed by atoms with E-state index in [0.29, 0.717) is 6.04 Å². The van der Waals surface area contributed by atoms with Gasteiger partial charge in [-0.1, -0.05) is 0 Å². The number of aryl methyl sites for hydroxylation is 3. The van der Waals surface area contributed by atoms with Crippen LogP contribution < -0.4 is 4.90 Å². The number of rotatable bonds is 2. The molecular formula is C18H22N4. The van der Waals surface area contributed by atoms with Gasteiger partial charge in [0.2, 0.25) is 0 Å². The van der Waals surface area contributed by atoms with Gasteiger partial charge in [0, 0.05) is 42.6 Å². The lowest BCUT2D eigenvalue weighted by Gasteiger charge is -2.35. The van der Waals surface area contributed by atoms with Crippen LogP contribution in [0.4, 0.5) is 5.69 Å². The van der Waals surface area contributed by atoms with Gasteiger partial charge in [-0.2, -0.15) is 10.4 Å². The van der Waals surface area contributed by atoms with Crippen LogP contribution in [0.5, 0.6) is 0 Å². The van der Waals surface area contributed by atoms with Crippen molar-refractivity contribution in [1.29, 1.82) is 5.26 Å². The smallest absolute Gasteiger partial charge is 0.0998 e. The maximum atomic E-state index is 9.61. The number of anilines is 1. The summed E-state index contributed by atoms with van der Waals surface area (Å²) in [6, 6.07) is 7.10. The molecule has 4 nitrogen and oxygen atoms in total. The highest BCUT2D eigenvalue weighted by Crippen LogP contribution is 2.36. The predicted octanol–water partition coefficient (Wildman–Crippen LogP) is 3.43. The summed E-state index contributed by atoms with van der Waals surface area (Å²) in [5, 5.41) is 14.0. The summed E-state index contributed by atoms with van der Waals surface area (Å²) in [7, 11) is 1.92. The van der Waals surface area contributed by atoms with Crippen molar-refractivity contribution in [1.82, 2.24) is 9.78 Å². The standard InChI is InChI=1S/C18H22N4/c1-12(2)22-7-5-6-14-8-16(15(10-19)9-18(14)22)17-11-21(4)20-13(17)3/h8-9,11-12H,5-7H2,1-4H3. The first-order valence-corrected chi connectivity index (χ1v) is 7.85. The third kappa shape index (κ3) is 2.37. The highest BCUT2D eigenvalue weighted by molar-refractivity contribution is 5.77. The second-order valence-corrected chi connectivity index (χ2v) is 6.33. The Hall–Kier alpha value is -2.28. The molecule has 0 unspecified atom stereocenters. The van der Waals surface area contributed by atoms with E-state index in [1.54, 1.807) is 0 Å². The Morgan fingerprint density at radius 1 is 1.27 bits per heavy atom. The van der Waals surface area contributed by atoms with Crippen LogP contribution in [0.25, 0.3) is 11.1 Å². The summed E-state index contributed by atoms with van der Waals surface area (Å²) in [5.41, 5.74) is 6.35. The Bertz CT molecular complexity index is 749. The van der Waals surface area contributed by atoms with Crippen molar-refractivity contribution < 1.29 is 0 Å². The summed E-state index contributed by atoms with van der Waals surface area (Å²) >= 11 is 0. The molecule has 22 heavy (non-hydrogen) atoms. The van der Waals surface area contributed by atoms with Crippen molar-refractivity contribution in [2.24, 2.45) is 7.05 Å². The lowest BCUT2D eigenvalue weighted by Crippen LogP contribution is -2.35. The molecule has 4 heteroatoms. The minimum Gasteiger partial charge on any atom is -0.369 e. The molecule has 3 rings (SSSR count). The molecule has 1 aromatic carbocycles. The topological polar surface area (TPSA) is 44.9 Å². The summed E-state index contributed by atoms with van der Waals surface area (Å²) in [5.74, 6) is 0. The fraction of sp³-hybridized carbons (Fsp3) is 0.444.